The Morgan fingerprint density at radius 3 is 3.00 bits per heavy atom. The molecule has 0 spiro atoms. The Morgan fingerprint density at radius 1 is 1.47 bits per heavy atom. The van der Waals surface area contributed by atoms with Crippen molar-refractivity contribution in [3.05, 3.63) is 52.2 Å². The Balaban J connectivity index is 2.16. The van der Waals surface area contributed by atoms with Crippen LogP contribution in [-0.2, 0) is 6.42 Å². The molecule has 0 saturated carbocycles. The average Bonchev–Trinajstić information content (AvgIpc) is 2.81. The molecule has 2 nitrogen and oxygen atoms in total. The number of likely N-dealkylation sites (N-methyl/N-ethyl adjacent to an activating group) is 1. The van der Waals surface area contributed by atoms with Crippen LogP contribution in [0.3, 0.4) is 0 Å². The SMILES string of the molecule is CNCC(Cc1cscn1)c1cccc(F)c1. The highest BCUT2D eigenvalue weighted by Crippen LogP contribution is 2.21. The highest BCUT2D eigenvalue weighted by molar-refractivity contribution is 7.07. The van der Waals surface area contributed by atoms with Crippen molar-refractivity contribution in [3.8, 4) is 0 Å². The first-order valence-electron chi connectivity index (χ1n) is 5.56. The molecular formula is C13H15FN2S. The highest BCUT2D eigenvalue weighted by Gasteiger charge is 2.13. The molecule has 1 N–H and O–H groups in total. The smallest absolute Gasteiger partial charge is 0.123 e. The fourth-order valence-electron chi connectivity index (χ4n) is 1.91. The number of hydrogen-bond acceptors (Lipinski definition) is 3. The van der Waals surface area contributed by atoms with Crippen LogP contribution in [0.25, 0.3) is 0 Å². The van der Waals surface area contributed by atoms with Crippen molar-refractivity contribution in [2.24, 2.45) is 0 Å². The minimum absolute atomic E-state index is 0.179. The summed E-state index contributed by atoms with van der Waals surface area (Å²) in [6, 6.07) is 6.81. The van der Waals surface area contributed by atoms with Crippen molar-refractivity contribution in [2.45, 2.75) is 12.3 Å². The first-order chi connectivity index (χ1) is 8.29. The molecule has 1 atom stereocenters. The minimum Gasteiger partial charge on any atom is -0.319 e. The third-order valence-electron chi connectivity index (χ3n) is 2.71. The zero-order valence-corrected chi connectivity index (χ0v) is 10.5. The Hall–Kier alpha value is -1.26. The third kappa shape index (κ3) is 3.35. The molecule has 2 aromatic rings. The second-order valence-electron chi connectivity index (χ2n) is 3.99. The maximum Gasteiger partial charge on any atom is 0.123 e. The van der Waals surface area contributed by atoms with E-state index in [-0.39, 0.29) is 11.7 Å². The summed E-state index contributed by atoms with van der Waals surface area (Å²) in [5.41, 5.74) is 3.92. The number of thiazole rings is 1. The molecule has 0 amide bonds. The van der Waals surface area contributed by atoms with Gasteiger partial charge in [-0.25, -0.2) is 9.37 Å². The maximum absolute atomic E-state index is 13.2. The summed E-state index contributed by atoms with van der Waals surface area (Å²) in [5, 5.41) is 5.19. The molecule has 0 radical (unpaired) electrons. The molecule has 2 rings (SSSR count). The Morgan fingerprint density at radius 2 is 2.35 bits per heavy atom. The van der Waals surface area contributed by atoms with Crippen LogP contribution in [0.5, 0.6) is 0 Å². The Kier molecular flexibility index (Phi) is 4.23. The number of benzene rings is 1. The molecule has 0 aliphatic heterocycles. The average molecular weight is 250 g/mol. The van der Waals surface area contributed by atoms with E-state index in [0.717, 1.165) is 24.2 Å². The standard InChI is InChI=1S/C13H15FN2S/c1-15-7-11(6-13-8-17-9-16-13)10-3-2-4-12(14)5-10/h2-5,8-9,11,15H,6-7H2,1H3. The normalized spacial score (nSPS) is 12.6. The van der Waals surface area contributed by atoms with Crippen LogP contribution in [-0.4, -0.2) is 18.6 Å². The highest BCUT2D eigenvalue weighted by atomic mass is 32.1. The first-order valence-corrected chi connectivity index (χ1v) is 6.51. The van der Waals surface area contributed by atoms with Crippen LogP contribution < -0.4 is 5.32 Å². The number of halogens is 1. The maximum atomic E-state index is 13.2. The summed E-state index contributed by atoms with van der Waals surface area (Å²) >= 11 is 1.59. The van der Waals surface area contributed by atoms with Crippen molar-refractivity contribution in [2.75, 3.05) is 13.6 Å². The lowest BCUT2D eigenvalue weighted by atomic mass is 9.94. The van der Waals surface area contributed by atoms with Crippen LogP contribution in [0.4, 0.5) is 4.39 Å². The molecule has 1 aromatic heterocycles. The lowest BCUT2D eigenvalue weighted by Crippen LogP contribution is -2.19. The summed E-state index contributed by atoms with van der Waals surface area (Å²) < 4.78 is 13.2. The summed E-state index contributed by atoms with van der Waals surface area (Å²) in [6.07, 6.45) is 0.841. The molecule has 0 aliphatic rings. The van der Waals surface area contributed by atoms with E-state index in [2.05, 4.69) is 10.3 Å². The van der Waals surface area contributed by atoms with Crippen molar-refractivity contribution in [1.29, 1.82) is 0 Å². The van der Waals surface area contributed by atoms with Gasteiger partial charge in [0.25, 0.3) is 0 Å². The number of nitrogens with zero attached hydrogens (tertiary/aromatic N) is 1. The van der Waals surface area contributed by atoms with Gasteiger partial charge in [-0.15, -0.1) is 11.3 Å². The van der Waals surface area contributed by atoms with Crippen molar-refractivity contribution in [1.82, 2.24) is 10.3 Å². The second kappa shape index (κ2) is 5.89. The fourth-order valence-corrected chi connectivity index (χ4v) is 2.48. The molecule has 90 valence electrons. The quantitative estimate of drug-likeness (QED) is 0.882. The van der Waals surface area contributed by atoms with Gasteiger partial charge in [-0.2, -0.15) is 0 Å². The first kappa shape index (κ1) is 12.2. The van der Waals surface area contributed by atoms with Gasteiger partial charge in [0.15, 0.2) is 0 Å². The third-order valence-corrected chi connectivity index (χ3v) is 3.34. The summed E-state index contributed by atoms with van der Waals surface area (Å²) in [7, 11) is 1.91. The topological polar surface area (TPSA) is 24.9 Å². The van der Waals surface area contributed by atoms with Crippen molar-refractivity contribution < 1.29 is 4.39 Å². The monoisotopic (exact) mass is 250 g/mol. The van der Waals surface area contributed by atoms with E-state index in [0.29, 0.717) is 0 Å². The van der Waals surface area contributed by atoms with Gasteiger partial charge in [0.1, 0.15) is 5.82 Å². The van der Waals surface area contributed by atoms with Gasteiger partial charge in [0.05, 0.1) is 11.2 Å². The summed E-state index contributed by atoms with van der Waals surface area (Å²) in [4.78, 5) is 4.28. The Bertz CT molecular complexity index is 456. The van der Waals surface area contributed by atoms with Crippen LogP contribution in [0, 0.1) is 5.82 Å². The summed E-state index contributed by atoms with van der Waals surface area (Å²) in [5.74, 6) is 0.0830. The van der Waals surface area contributed by atoms with Crippen LogP contribution in [0.2, 0.25) is 0 Å². The zero-order chi connectivity index (χ0) is 12.1. The zero-order valence-electron chi connectivity index (χ0n) is 9.69. The van der Waals surface area contributed by atoms with Gasteiger partial charge in [-0.3, -0.25) is 0 Å². The molecular weight excluding hydrogens is 235 g/mol. The molecule has 0 fully saturated rings. The lowest BCUT2D eigenvalue weighted by Gasteiger charge is -2.16. The van der Waals surface area contributed by atoms with E-state index in [4.69, 9.17) is 0 Å². The van der Waals surface area contributed by atoms with Crippen LogP contribution >= 0.6 is 11.3 Å². The minimum atomic E-state index is -0.179. The number of hydrogen-bond donors (Lipinski definition) is 1. The van der Waals surface area contributed by atoms with E-state index >= 15 is 0 Å². The van der Waals surface area contributed by atoms with Crippen LogP contribution in [0.15, 0.2) is 35.2 Å². The molecule has 0 aliphatic carbocycles. The van der Waals surface area contributed by atoms with Gasteiger partial charge < -0.3 is 5.32 Å². The second-order valence-corrected chi connectivity index (χ2v) is 4.71. The predicted molar refractivity (Wildman–Crippen MR) is 68.9 cm³/mol. The molecule has 1 unspecified atom stereocenters. The van der Waals surface area contributed by atoms with Gasteiger partial charge in [0, 0.05) is 17.8 Å². The summed E-state index contributed by atoms with van der Waals surface area (Å²) in [6.45, 7) is 0.820. The van der Waals surface area contributed by atoms with Gasteiger partial charge >= 0.3 is 0 Å². The molecule has 0 bridgehead atoms. The van der Waals surface area contributed by atoms with Gasteiger partial charge in [-0.1, -0.05) is 12.1 Å². The largest absolute Gasteiger partial charge is 0.319 e. The molecule has 1 aromatic carbocycles. The number of aromatic nitrogens is 1. The van der Waals surface area contributed by atoms with E-state index in [1.165, 1.54) is 6.07 Å². The molecule has 17 heavy (non-hydrogen) atoms. The van der Waals surface area contributed by atoms with Gasteiger partial charge in [0.2, 0.25) is 0 Å². The molecule has 0 saturated heterocycles. The van der Waals surface area contributed by atoms with E-state index in [1.807, 2.05) is 24.0 Å². The van der Waals surface area contributed by atoms with Crippen molar-refractivity contribution >= 4 is 11.3 Å². The fraction of sp³-hybridized carbons (Fsp3) is 0.308. The van der Waals surface area contributed by atoms with E-state index < -0.39 is 0 Å². The lowest BCUT2D eigenvalue weighted by molar-refractivity contribution is 0.598. The Labute approximate surface area is 105 Å². The molecule has 1 heterocycles. The van der Waals surface area contributed by atoms with Crippen LogP contribution in [0.1, 0.15) is 17.2 Å². The van der Waals surface area contributed by atoms with E-state index in [1.54, 1.807) is 23.5 Å². The van der Waals surface area contributed by atoms with E-state index in [9.17, 15) is 4.39 Å². The van der Waals surface area contributed by atoms with Gasteiger partial charge in [-0.05, 0) is 31.2 Å². The molecule has 4 heteroatoms. The number of nitrogens with one attached hydrogen (secondary N) is 1. The van der Waals surface area contributed by atoms with Crippen molar-refractivity contribution in [3.63, 3.8) is 0 Å². The number of rotatable bonds is 5. The predicted octanol–water partition coefficient (Wildman–Crippen LogP) is 2.83.